The highest BCUT2D eigenvalue weighted by molar-refractivity contribution is 5.90. The monoisotopic (exact) mass is 290 g/mol. The zero-order valence-corrected chi connectivity index (χ0v) is 12.3. The Hall–Kier alpha value is -2.04. The molecule has 0 aromatic heterocycles. The van der Waals surface area contributed by atoms with Crippen molar-refractivity contribution < 1.29 is 14.7 Å². The van der Waals surface area contributed by atoms with E-state index in [0.717, 1.165) is 24.9 Å². The van der Waals surface area contributed by atoms with Crippen LogP contribution in [0.1, 0.15) is 37.3 Å². The maximum atomic E-state index is 11.9. The van der Waals surface area contributed by atoms with Crippen LogP contribution in [0, 0.1) is 5.92 Å². The van der Waals surface area contributed by atoms with E-state index >= 15 is 0 Å². The van der Waals surface area contributed by atoms with E-state index in [2.05, 4.69) is 16.7 Å². The van der Waals surface area contributed by atoms with Crippen molar-refractivity contribution in [1.29, 1.82) is 0 Å². The number of fused-ring (bicyclic) bond motifs is 1. The van der Waals surface area contributed by atoms with E-state index in [4.69, 9.17) is 5.11 Å². The van der Waals surface area contributed by atoms with Gasteiger partial charge in [-0.05, 0) is 48.8 Å². The van der Waals surface area contributed by atoms with Gasteiger partial charge in [0.15, 0.2) is 0 Å². The second-order valence-corrected chi connectivity index (χ2v) is 5.69. The molecule has 1 atom stereocenters. The molecule has 3 N–H and O–H groups in total. The molecule has 2 amide bonds. The van der Waals surface area contributed by atoms with Crippen molar-refractivity contribution in [2.75, 3.05) is 11.9 Å². The number of benzene rings is 1. The second-order valence-electron chi connectivity index (χ2n) is 5.69. The Morgan fingerprint density at radius 3 is 2.81 bits per heavy atom. The molecule has 2 rings (SSSR count). The highest BCUT2D eigenvalue weighted by Gasteiger charge is 2.15. The summed E-state index contributed by atoms with van der Waals surface area (Å²) in [6.45, 7) is 2.16. The number of carbonyl (C=O) groups excluding carboxylic acids is 1. The topological polar surface area (TPSA) is 78.4 Å². The van der Waals surface area contributed by atoms with Crippen LogP contribution in [0.4, 0.5) is 10.5 Å². The van der Waals surface area contributed by atoms with Crippen LogP contribution in [0.25, 0.3) is 0 Å². The normalized spacial score (nSPS) is 14.9. The summed E-state index contributed by atoms with van der Waals surface area (Å²) in [4.78, 5) is 22.5. The first-order valence-corrected chi connectivity index (χ1v) is 7.43. The first-order chi connectivity index (χ1) is 10.1. The highest BCUT2D eigenvalue weighted by atomic mass is 16.4. The van der Waals surface area contributed by atoms with Gasteiger partial charge in [0, 0.05) is 18.7 Å². The van der Waals surface area contributed by atoms with Crippen LogP contribution in [-0.4, -0.2) is 23.7 Å². The fourth-order valence-electron chi connectivity index (χ4n) is 2.70. The Balaban J connectivity index is 1.90. The standard InChI is InChI=1S/C16H22N2O3/c1-11(9-15(19)20)10-17-16(21)18-14-8-4-6-12-5-2-3-7-13(12)14/h4,6,8,11H,2-3,5,7,9-10H2,1H3,(H,19,20)(H2,17,18,21). The van der Waals surface area contributed by atoms with Gasteiger partial charge in [0.2, 0.25) is 0 Å². The number of carbonyl (C=O) groups is 2. The van der Waals surface area contributed by atoms with Gasteiger partial charge in [-0.15, -0.1) is 0 Å². The number of rotatable bonds is 5. The molecule has 0 bridgehead atoms. The van der Waals surface area contributed by atoms with E-state index in [1.807, 2.05) is 12.1 Å². The summed E-state index contributed by atoms with van der Waals surface area (Å²) >= 11 is 0. The predicted octanol–water partition coefficient (Wildman–Crippen LogP) is 2.80. The second kappa shape index (κ2) is 7.11. The lowest BCUT2D eigenvalue weighted by molar-refractivity contribution is -0.137. The van der Waals surface area contributed by atoms with Crippen LogP contribution < -0.4 is 10.6 Å². The molecule has 0 aliphatic heterocycles. The Kier molecular flexibility index (Phi) is 5.20. The van der Waals surface area contributed by atoms with Crippen LogP contribution in [0.2, 0.25) is 0 Å². The van der Waals surface area contributed by atoms with Crippen LogP contribution in [0.5, 0.6) is 0 Å². The molecule has 0 saturated heterocycles. The lowest BCUT2D eigenvalue weighted by Crippen LogP contribution is -2.33. The van der Waals surface area contributed by atoms with Gasteiger partial charge in [-0.25, -0.2) is 4.79 Å². The Morgan fingerprint density at radius 1 is 1.29 bits per heavy atom. The molecule has 0 radical (unpaired) electrons. The summed E-state index contributed by atoms with van der Waals surface area (Å²) < 4.78 is 0. The molecular formula is C16H22N2O3. The SMILES string of the molecule is CC(CNC(=O)Nc1cccc2c1CCCC2)CC(=O)O. The van der Waals surface area contributed by atoms with Gasteiger partial charge in [-0.1, -0.05) is 19.1 Å². The minimum Gasteiger partial charge on any atom is -0.481 e. The largest absolute Gasteiger partial charge is 0.481 e. The van der Waals surface area contributed by atoms with Crippen molar-refractivity contribution in [3.63, 3.8) is 0 Å². The van der Waals surface area contributed by atoms with Crippen molar-refractivity contribution in [3.8, 4) is 0 Å². The number of hydrogen-bond acceptors (Lipinski definition) is 2. The van der Waals surface area contributed by atoms with E-state index in [-0.39, 0.29) is 18.4 Å². The van der Waals surface area contributed by atoms with Gasteiger partial charge >= 0.3 is 12.0 Å². The van der Waals surface area contributed by atoms with Crippen molar-refractivity contribution in [2.45, 2.75) is 39.0 Å². The molecule has 1 unspecified atom stereocenters. The first-order valence-electron chi connectivity index (χ1n) is 7.43. The number of carboxylic acids is 1. The lowest BCUT2D eigenvalue weighted by Gasteiger charge is -2.20. The third-order valence-electron chi connectivity index (χ3n) is 3.78. The van der Waals surface area contributed by atoms with Crippen molar-refractivity contribution >= 4 is 17.7 Å². The number of amides is 2. The summed E-state index contributed by atoms with van der Waals surface area (Å²) in [5.74, 6) is -0.931. The molecule has 0 fully saturated rings. The van der Waals surface area contributed by atoms with Crippen LogP contribution >= 0.6 is 0 Å². The summed E-state index contributed by atoms with van der Waals surface area (Å²) in [7, 11) is 0. The van der Waals surface area contributed by atoms with Crippen LogP contribution in [0.15, 0.2) is 18.2 Å². The number of hydrogen-bond donors (Lipinski definition) is 3. The smallest absolute Gasteiger partial charge is 0.319 e. The van der Waals surface area contributed by atoms with E-state index in [0.29, 0.717) is 6.54 Å². The van der Waals surface area contributed by atoms with Gasteiger partial charge < -0.3 is 15.7 Å². The van der Waals surface area contributed by atoms with Gasteiger partial charge in [0.1, 0.15) is 0 Å². The molecule has 1 aromatic rings. The lowest BCUT2D eigenvalue weighted by atomic mass is 9.90. The Labute approximate surface area is 124 Å². The third-order valence-corrected chi connectivity index (χ3v) is 3.78. The molecule has 0 heterocycles. The predicted molar refractivity (Wildman–Crippen MR) is 81.5 cm³/mol. The van der Waals surface area contributed by atoms with E-state index in [9.17, 15) is 9.59 Å². The minimum atomic E-state index is -0.846. The molecular weight excluding hydrogens is 268 g/mol. The molecule has 1 aromatic carbocycles. The van der Waals surface area contributed by atoms with Gasteiger partial charge in [0.25, 0.3) is 0 Å². The zero-order valence-electron chi connectivity index (χ0n) is 12.3. The number of urea groups is 1. The summed E-state index contributed by atoms with van der Waals surface area (Å²) in [6, 6.07) is 5.73. The Morgan fingerprint density at radius 2 is 2.05 bits per heavy atom. The van der Waals surface area contributed by atoms with E-state index in [1.54, 1.807) is 6.92 Å². The fourth-order valence-corrected chi connectivity index (χ4v) is 2.70. The summed E-state index contributed by atoms with van der Waals surface area (Å²) in [5.41, 5.74) is 3.42. The zero-order chi connectivity index (χ0) is 15.2. The van der Waals surface area contributed by atoms with Gasteiger partial charge in [-0.2, -0.15) is 0 Å². The van der Waals surface area contributed by atoms with E-state index in [1.165, 1.54) is 17.5 Å². The maximum Gasteiger partial charge on any atom is 0.319 e. The highest BCUT2D eigenvalue weighted by Crippen LogP contribution is 2.27. The molecule has 114 valence electrons. The van der Waals surface area contributed by atoms with Gasteiger partial charge in [-0.3, -0.25) is 4.79 Å². The Bertz CT molecular complexity index is 528. The van der Waals surface area contributed by atoms with Crippen LogP contribution in [-0.2, 0) is 17.6 Å². The van der Waals surface area contributed by atoms with Crippen LogP contribution in [0.3, 0.4) is 0 Å². The molecule has 0 spiro atoms. The average Bonchev–Trinajstić information content (AvgIpc) is 2.45. The molecule has 5 nitrogen and oxygen atoms in total. The average molecular weight is 290 g/mol. The first kappa shape index (κ1) is 15.4. The molecule has 1 aliphatic rings. The number of nitrogens with one attached hydrogen (secondary N) is 2. The number of aliphatic carboxylic acids is 1. The molecule has 21 heavy (non-hydrogen) atoms. The van der Waals surface area contributed by atoms with E-state index < -0.39 is 5.97 Å². The molecule has 5 heteroatoms. The minimum absolute atomic E-state index is 0.0566. The summed E-state index contributed by atoms with van der Waals surface area (Å²) in [5, 5.41) is 14.3. The number of carboxylic acid groups (broad SMARTS) is 1. The van der Waals surface area contributed by atoms with Crippen molar-refractivity contribution in [2.24, 2.45) is 5.92 Å². The third kappa shape index (κ3) is 4.48. The molecule has 1 aliphatic carbocycles. The van der Waals surface area contributed by atoms with Crippen molar-refractivity contribution in [1.82, 2.24) is 5.32 Å². The maximum absolute atomic E-state index is 11.9. The number of aryl methyl sites for hydroxylation is 1. The van der Waals surface area contributed by atoms with Gasteiger partial charge in [0.05, 0.1) is 0 Å². The quantitative estimate of drug-likeness (QED) is 0.780. The van der Waals surface area contributed by atoms with Crippen molar-refractivity contribution in [3.05, 3.63) is 29.3 Å². The summed E-state index contributed by atoms with van der Waals surface area (Å²) in [6.07, 6.45) is 4.49. The fraction of sp³-hybridized carbons (Fsp3) is 0.500. The number of anilines is 1. The molecule has 0 saturated carbocycles.